The summed E-state index contributed by atoms with van der Waals surface area (Å²) < 4.78 is 47.6. The van der Waals surface area contributed by atoms with Gasteiger partial charge in [0.1, 0.15) is 11.6 Å². The number of carbonyl (C=O) groups excluding carboxylic acids is 1. The summed E-state index contributed by atoms with van der Waals surface area (Å²) in [5.41, 5.74) is 6.56. The first kappa shape index (κ1) is 27.0. The average Bonchev–Trinajstić information content (AvgIpc) is 2.88. The Balaban J connectivity index is 1.45. The molecule has 198 valence electrons. The molecule has 1 heterocycles. The molecule has 3 aromatic rings. The molecular formula is C27H33FN4O4S. The second-order valence-corrected chi connectivity index (χ2v) is 11.4. The van der Waals surface area contributed by atoms with Crippen LogP contribution in [0.3, 0.4) is 0 Å². The Morgan fingerprint density at radius 2 is 1.86 bits per heavy atom. The zero-order valence-electron chi connectivity index (χ0n) is 21.0. The molecule has 1 aliphatic rings. The number of rotatable bonds is 10. The summed E-state index contributed by atoms with van der Waals surface area (Å²) >= 11 is 0. The molecule has 10 heteroatoms. The van der Waals surface area contributed by atoms with Crippen LogP contribution in [-0.4, -0.2) is 45.6 Å². The third-order valence-corrected chi connectivity index (χ3v) is 8.99. The van der Waals surface area contributed by atoms with Crippen LogP contribution in [0, 0.1) is 11.2 Å². The standard InChI is InChI=1S/C27H33FN4O4S/c1-18(19-3-6-21(28)7-4-19)27(26(29)33)13-11-22(12-14-27)32-37(34,35)23-8-9-24-20(17-23)5-10-25(31-24)30-15-16-36-2/h3-10,17-18,22,32H,11-16H2,1-2H3,(H2,29,33)(H,30,31)/t18-,22?,27?/m1/s1. The topological polar surface area (TPSA) is 123 Å². The highest BCUT2D eigenvalue weighted by atomic mass is 32.2. The number of fused-ring (bicyclic) bond motifs is 1. The number of hydrogen-bond acceptors (Lipinski definition) is 6. The number of sulfonamides is 1. The number of hydrogen-bond donors (Lipinski definition) is 3. The van der Waals surface area contributed by atoms with Crippen LogP contribution in [0.4, 0.5) is 10.2 Å². The Bertz CT molecular complexity index is 1360. The lowest BCUT2D eigenvalue weighted by atomic mass is 9.63. The summed E-state index contributed by atoms with van der Waals surface area (Å²) in [6, 6.07) is 14.2. The molecule has 0 spiro atoms. The highest BCUT2D eigenvalue weighted by molar-refractivity contribution is 7.89. The highest BCUT2D eigenvalue weighted by Gasteiger charge is 2.45. The number of nitrogens with one attached hydrogen (secondary N) is 2. The number of methoxy groups -OCH3 is 1. The van der Waals surface area contributed by atoms with Gasteiger partial charge < -0.3 is 15.8 Å². The lowest BCUT2D eigenvalue weighted by Gasteiger charge is -2.42. The number of primary amides is 1. The van der Waals surface area contributed by atoms with Gasteiger partial charge in [-0.3, -0.25) is 4.79 Å². The summed E-state index contributed by atoms with van der Waals surface area (Å²) in [6.45, 7) is 3.09. The minimum Gasteiger partial charge on any atom is -0.383 e. The van der Waals surface area contributed by atoms with Crippen molar-refractivity contribution in [1.29, 1.82) is 0 Å². The largest absolute Gasteiger partial charge is 0.383 e. The first-order valence-corrected chi connectivity index (χ1v) is 13.8. The summed E-state index contributed by atoms with van der Waals surface area (Å²) in [7, 11) is -2.16. The molecule has 4 N–H and O–H groups in total. The van der Waals surface area contributed by atoms with Crippen molar-refractivity contribution in [2.45, 2.75) is 49.5 Å². The van der Waals surface area contributed by atoms with Crippen LogP contribution >= 0.6 is 0 Å². The van der Waals surface area contributed by atoms with Crippen molar-refractivity contribution in [1.82, 2.24) is 9.71 Å². The highest BCUT2D eigenvalue weighted by Crippen LogP contribution is 2.47. The van der Waals surface area contributed by atoms with Crippen LogP contribution in [-0.2, 0) is 19.6 Å². The average molecular weight is 529 g/mol. The van der Waals surface area contributed by atoms with Gasteiger partial charge in [-0.2, -0.15) is 0 Å². The van der Waals surface area contributed by atoms with Gasteiger partial charge in [-0.25, -0.2) is 22.5 Å². The molecule has 0 radical (unpaired) electrons. The lowest BCUT2D eigenvalue weighted by Crippen LogP contribution is -2.48. The van der Waals surface area contributed by atoms with E-state index in [1.165, 1.54) is 12.1 Å². The SMILES string of the molecule is COCCNc1ccc2cc(S(=O)(=O)NC3CCC(C(N)=O)([C@H](C)c4ccc(F)cc4)CC3)ccc2n1. The Labute approximate surface area is 216 Å². The normalized spacial score (nSPS) is 21.0. The van der Waals surface area contributed by atoms with E-state index in [9.17, 15) is 17.6 Å². The fraction of sp³-hybridized carbons (Fsp3) is 0.407. The van der Waals surface area contributed by atoms with E-state index >= 15 is 0 Å². The molecule has 8 nitrogen and oxygen atoms in total. The summed E-state index contributed by atoms with van der Waals surface area (Å²) in [4.78, 5) is 17.3. The van der Waals surface area contributed by atoms with Crippen LogP contribution < -0.4 is 15.8 Å². The first-order valence-electron chi connectivity index (χ1n) is 12.4. The Kier molecular flexibility index (Phi) is 8.11. The second-order valence-electron chi connectivity index (χ2n) is 9.66. The predicted octanol–water partition coefficient (Wildman–Crippen LogP) is 3.93. The molecule has 1 amide bonds. The Morgan fingerprint density at radius 3 is 2.51 bits per heavy atom. The molecule has 4 rings (SSSR count). The summed E-state index contributed by atoms with van der Waals surface area (Å²) in [5, 5.41) is 3.87. The van der Waals surface area contributed by atoms with Crippen LogP contribution in [0.15, 0.2) is 59.5 Å². The van der Waals surface area contributed by atoms with Crippen LogP contribution in [0.1, 0.15) is 44.1 Å². The van der Waals surface area contributed by atoms with E-state index in [0.717, 1.165) is 5.56 Å². The van der Waals surface area contributed by atoms with Gasteiger partial charge in [0.2, 0.25) is 15.9 Å². The van der Waals surface area contributed by atoms with Crippen molar-refractivity contribution in [3.05, 3.63) is 66.0 Å². The monoisotopic (exact) mass is 528 g/mol. The van der Waals surface area contributed by atoms with Gasteiger partial charge in [-0.1, -0.05) is 19.1 Å². The number of ether oxygens (including phenoxy) is 1. The van der Waals surface area contributed by atoms with Crippen molar-refractivity contribution >= 4 is 32.7 Å². The van der Waals surface area contributed by atoms with E-state index in [0.29, 0.717) is 55.6 Å². The molecule has 1 atom stereocenters. The van der Waals surface area contributed by atoms with Gasteiger partial charge in [0, 0.05) is 25.1 Å². The fourth-order valence-electron chi connectivity index (χ4n) is 5.15. The fourth-order valence-corrected chi connectivity index (χ4v) is 6.49. The van der Waals surface area contributed by atoms with E-state index in [4.69, 9.17) is 10.5 Å². The summed E-state index contributed by atoms with van der Waals surface area (Å²) in [6.07, 6.45) is 1.82. The zero-order chi connectivity index (χ0) is 26.6. The third kappa shape index (κ3) is 5.92. The van der Waals surface area contributed by atoms with E-state index in [1.54, 1.807) is 43.5 Å². The Morgan fingerprint density at radius 1 is 1.16 bits per heavy atom. The van der Waals surface area contributed by atoms with Gasteiger partial charge in [-0.05, 0) is 79.6 Å². The number of carbonyl (C=O) groups is 1. The number of nitrogens with two attached hydrogens (primary N) is 1. The molecule has 1 fully saturated rings. The van der Waals surface area contributed by atoms with E-state index < -0.39 is 21.3 Å². The van der Waals surface area contributed by atoms with Crippen LogP contribution in [0.25, 0.3) is 10.9 Å². The Hall–Kier alpha value is -3.08. The van der Waals surface area contributed by atoms with Gasteiger partial charge in [0.05, 0.1) is 22.4 Å². The third-order valence-electron chi connectivity index (χ3n) is 7.47. The molecule has 0 saturated heterocycles. The maximum Gasteiger partial charge on any atom is 0.240 e. The minimum atomic E-state index is -3.78. The van der Waals surface area contributed by atoms with Crippen molar-refractivity contribution in [3.63, 3.8) is 0 Å². The molecule has 0 unspecified atom stereocenters. The van der Waals surface area contributed by atoms with Crippen molar-refractivity contribution < 1.29 is 22.3 Å². The molecule has 1 saturated carbocycles. The maximum absolute atomic E-state index is 13.4. The number of aromatic nitrogens is 1. The van der Waals surface area contributed by atoms with Gasteiger partial charge in [0.25, 0.3) is 0 Å². The molecule has 0 aliphatic heterocycles. The molecule has 37 heavy (non-hydrogen) atoms. The number of nitrogens with zero attached hydrogens (tertiary/aromatic N) is 1. The molecule has 2 aromatic carbocycles. The molecule has 1 aromatic heterocycles. The molecule has 1 aliphatic carbocycles. The van der Waals surface area contributed by atoms with Crippen LogP contribution in [0.5, 0.6) is 0 Å². The first-order chi connectivity index (χ1) is 17.6. The van der Waals surface area contributed by atoms with E-state index in [2.05, 4.69) is 15.0 Å². The minimum absolute atomic E-state index is 0.160. The second kappa shape index (κ2) is 11.1. The van der Waals surface area contributed by atoms with Crippen LogP contribution in [0.2, 0.25) is 0 Å². The van der Waals surface area contributed by atoms with Crippen molar-refractivity contribution in [2.24, 2.45) is 11.1 Å². The zero-order valence-corrected chi connectivity index (χ0v) is 21.9. The van der Waals surface area contributed by atoms with Gasteiger partial charge in [-0.15, -0.1) is 0 Å². The van der Waals surface area contributed by atoms with Crippen molar-refractivity contribution in [2.75, 3.05) is 25.6 Å². The van der Waals surface area contributed by atoms with Gasteiger partial charge in [0.15, 0.2) is 0 Å². The van der Waals surface area contributed by atoms with Crippen molar-refractivity contribution in [3.8, 4) is 0 Å². The lowest BCUT2D eigenvalue weighted by molar-refractivity contribution is -0.131. The quantitative estimate of drug-likeness (QED) is 0.343. The number of halogens is 1. The molecule has 0 bridgehead atoms. The smallest absolute Gasteiger partial charge is 0.240 e. The number of amides is 1. The maximum atomic E-state index is 13.4. The number of pyridine rings is 1. The van der Waals surface area contributed by atoms with Gasteiger partial charge >= 0.3 is 0 Å². The number of anilines is 1. The van der Waals surface area contributed by atoms with E-state index in [-0.39, 0.29) is 22.7 Å². The van der Waals surface area contributed by atoms with E-state index in [1.807, 2.05) is 13.0 Å². The number of benzene rings is 2. The predicted molar refractivity (Wildman–Crippen MR) is 141 cm³/mol. The summed E-state index contributed by atoms with van der Waals surface area (Å²) in [5.74, 6) is -0.284. The molecular weight excluding hydrogens is 495 g/mol.